The van der Waals surface area contributed by atoms with E-state index in [1.165, 1.54) is 5.75 Å². The Balaban J connectivity index is 1.85. The summed E-state index contributed by atoms with van der Waals surface area (Å²) in [7, 11) is 0. The summed E-state index contributed by atoms with van der Waals surface area (Å²) in [5.41, 5.74) is 1.65. The molecule has 1 atom stereocenters. The Labute approximate surface area is 120 Å². The third-order valence-electron chi connectivity index (χ3n) is 2.99. The molecular weight excluding hydrogens is 280 g/mol. The maximum Gasteiger partial charge on any atom is 0.257 e. The first kappa shape index (κ1) is 12.9. The van der Waals surface area contributed by atoms with Crippen molar-refractivity contribution in [2.24, 2.45) is 0 Å². The van der Waals surface area contributed by atoms with Crippen molar-refractivity contribution in [2.75, 3.05) is 17.3 Å². The van der Waals surface area contributed by atoms with Gasteiger partial charge in [-0.3, -0.25) is 0 Å². The molecule has 100 valence electrons. The number of phenolic OH excluding ortho intramolecular Hbond substituents is 1. The van der Waals surface area contributed by atoms with Crippen molar-refractivity contribution in [3.63, 3.8) is 0 Å². The minimum absolute atomic E-state index is 0.280. The smallest absolute Gasteiger partial charge is 0.257 e. The van der Waals surface area contributed by atoms with Crippen molar-refractivity contribution in [2.45, 2.75) is 12.2 Å². The average Bonchev–Trinajstić information content (AvgIpc) is 2.93. The van der Waals surface area contributed by atoms with E-state index in [0.29, 0.717) is 11.1 Å². The van der Waals surface area contributed by atoms with Gasteiger partial charge in [-0.15, -0.1) is 11.8 Å². The molecule has 0 saturated carbocycles. The third-order valence-corrected chi connectivity index (χ3v) is 5.74. The van der Waals surface area contributed by atoms with Crippen molar-refractivity contribution in [3.05, 3.63) is 29.6 Å². The normalized spacial score (nSPS) is 19.5. The molecule has 1 unspecified atom stereocenters. The van der Waals surface area contributed by atoms with Crippen LogP contribution in [0.15, 0.2) is 22.7 Å². The summed E-state index contributed by atoms with van der Waals surface area (Å²) in [5, 5.41) is 13.9. The quantitative estimate of drug-likeness (QED) is 0.917. The molecule has 1 saturated heterocycles. The van der Waals surface area contributed by atoms with E-state index in [1.54, 1.807) is 12.1 Å². The van der Waals surface area contributed by atoms with Crippen molar-refractivity contribution in [1.29, 1.82) is 0 Å². The standard InChI is InChI=1S/C13H14N2O2S2/c1-8-6-9(2-3-10(8)16)13-14-12(15-17-13)11-7-18-4-5-19-11/h2-3,6,11,16H,4-5,7H2,1H3. The Morgan fingerprint density at radius 3 is 3.00 bits per heavy atom. The highest BCUT2D eigenvalue weighted by Crippen LogP contribution is 2.36. The van der Waals surface area contributed by atoms with Crippen LogP contribution in [0.5, 0.6) is 5.75 Å². The number of phenols is 1. The highest BCUT2D eigenvalue weighted by atomic mass is 32.2. The van der Waals surface area contributed by atoms with Crippen LogP contribution >= 0.6 is 23.5 Å². The molecule has 1 aliphatic heterocycles. The minimum Gasteiger partial charge on any atom is -0.508 e. The zero-order valence-electron chi connectivity index (χ0n) is 10.5. The number of thioether (sulfide) groups is 2. The van der Waals surface area contributed by atoms with Gasteiger partial charge in [0.1, 0.15) is 5.75 Å². The first-order chi connectivity index (χ1) is 9.24. The predicted molar refractivity (Wildman–Crippen MR) is 78.7 cm³/mol. The number of hydrogen-bond acceptors (Lipinski definition) is 6. The second-order valence-electron chi connectivity index (χ2n) is 4.39. The van der Waals surface area contributed by atoms with Crippen LogP contribution in [-0.4, -0.2) is 32.5 Å². The molecule has 1 aliphatic rings. The predicted octanol–water partition coefficient (Wildman–Crippen LogP) is 3.27. The van der Waals surface area contributed by atoms with Crippen molar-refractivity contribution < 1.29 is 9.63 Å². The molecule has 1 fully saturated rings. The molecule has 2 aromatic rings. The van der Waals surface area contributed by atoms with Gasteiger partial charge in [0.2, 0.25) is 0 Å². The van der Waals surface area contributed by atoms with Crippen molar-refractivity contribution in [1.82, 2.24) is 10.1 Å². The van der Waals surface area contributed by atoms with Crippen LogP contribution in [-0.2, 0) is 0 Å². The lowest BCUT2D eigenvalue weighted by molar-refractivity contribution is 0.423. The SMILES string of the molecule is Cc1cc(-c2nc(C3CSCCS3)no2)ccc1O. The van der Waals surface area contributed by atoms with Gasteiger partial charge in [0, 0.05) is 22.8 Å². The molecule has 4 nitrogen and oxygen atoms in total. The Bertz CT molecular complexity index is 580. The van der Waals surface area contributed by atoms with Crippen molar-refractivity contribution in [3.8, 4) is 17.2 Å². The van der Waals surface area contributed by atoms with Gasteiger partial charge >= 0.3 is 0 Å². The molecule has 0 amide bonds. The number of aryl methyl sites for hydroxylation is 1. The van der Waals surface area contributed by atoms with Crippen molar-refractivity contribution >= 4 is 23.5 Å². The average molecular weight is 294 g/mol. The first-order valence-corrected chi connectivity index (χ1v) is 8.27. The van der Waals surface area contributed by atoms with Gasteiger partial charge in [0.15, 0.2) is 5.82 Å². The molecule has 0 aliphatic carbocycles. The van der Waals surface area contributed by atoms with E-state index in [0.717, 1.165) is 28.5 Å². The molecule has 1 N–H and O–H groups in total. The highest BCUT2D eigenvalue weighted by Gasteiger charge is 2.22. The topological polar surface area (TPSA) is 59.2 Å². The molecule has 6 heteroatoms. The van der Waals surface area contributed by atoms with Gasteiger partial charge in [0.05, 0.1) is 5.25 Å². The van der Waals surface area contributed by atoms with Gasteiger partial charge in [-0.05, 0) is 30.7 Å². The summed E-state index contributed by atoms with van der Waals surface area (Å²) < 4.78 is 5.33. The number of nitrogens with zero attached hydrogens (tertiary/aromatic N) is 2. The zero-order chi connectivity index (χ0) is 13.2. The molecule has 0 radical (unpaired) electrons. The van der Waals surface area contributed by atoms with Crippen LogP contribution in [0.2, 0.25) is 0 Å². The van der Waals surface area contributed by atoms with E-state index in [-0.39, 0.29) is 5.75 Å². The van der Waals surface area contributed by atoms with Crippen LogP contribution in [0, 0.1) is 6.92 Å². The lowest BCUT2D eigenvalue weighted by Gasteiger charge is -2.16. The number of hydrogen-bond donors (Lipinski definition) is 1. The van der Waals surface area contributed by atoms with E-state index in [4.69, 9.17) is 4.52 Å². The second kappa shape index (κ2) is 5.46. The van der Waals surface area contributed by atoms with E-state index in [1.807, 2.05) is 36.5 Å². The summed E-state index contributed by atoms with van der Waals surface area (Å²) in [5.74, 6) is 4.95. The Morgan fingerprint density at radius 2 is 2.26 bits per heavy atom. The highest BCUT2D eigenvalue weighted by molar-refractivity contribution is 8.06. The van der Waals surface area contributed by atoms with E-state index in [2.05, 4.69) is 10.1 Å². The molecule has 3 rings (SSSR count). The zero-order valence-corrected chi connectivity index (χ0v) is 12.1. The minimum atomic E-state index is 0.280. The largest absolute Gasteiger partial charge is 0.508 e. The summed E-state index contributed by atoms with van der Waals surface area (Å²) >= 11 is 3.82. The lowest BCUT2D eigenvalue weighted by atomic mass is 10.1. The second-order valence-corrected chi connectivity index (χ2v) is 6.85. The molecule has 1 aromatic carbocycles. The Morgan fingerprint density at radius 1 is 1.37 bits per heavy atom. The van der Waals surface area contributed by atoms with Crippen LogP contribution in [0.1, 0.15) is 16.6 Å². The Kier molecular flexibility index (Phi) is 3.70. The van der Waals surface area contributed by atoms with Gasteiger partial charge in [0.25, 0.3) is 5.89 Å². The van der Waals surface area contributed by atoms with Crippen LogP contribution in [0.4, 0.5) is 0 Å². The number of benzene rings is 1. The monoisotopic (exact) mass is 294 g/mol. The summed E-state index contributed by atoms with van der Waals surface area (Å²) in [6, 6.07) is 5.30. The third kappa shape index (κ3) is 2.74. The first-order valence-electron chi connectivity index (χ1n) is 6.07. The molecule has 2 heterocycles. The molecule has 1 aromatic heterocycles. The summed E-state index contributed by atoms with van der Waals surface area (Å²) in [6.45, 7) is 1.85. The van der Waals surface area contributed by atoms with E-state index >= 15 is 0 Å². The van der Waals surface area contributed by atoms with E-state index in [9.17, 15) is 5.11 Å². The number of aromatic nitrogens is 2. The number of aromatic hydroxyl groups is 1. The maximum atomic E-state index is 9.53. The fourth-order valence-corrected chi connectivity index (χ4v) is 4.50. The molecule has 0 bridgehead atoms. The molecular formula is C13H14N2O2S2. The summed E-state index contributed by atoms with van der Waals surface area (Å²) in [6.07, 6.45) is 0. The van der Waals surface area contributed by atoms with Gasteiger partial charge in [-0.1, -0.05) is 5.16 Å². The van der Waals surface area contributed by atoms with Gasteiger partial charge in [-0.25, -0.2) is 0 Å². The van der Waals surface area contributed by atoms with Crippen LogP contribution < -0.4 is 0 Å². The Hall–Kier alpha value is -1.14. The molecule has 0 spiro atoms. The maximum absolute atomic E-state index is 9.53. The van der Waals surface area contributed by atoms with Gasteiger partial charge < -0.3 is 9.63 Å². The number of rotatable bonds is 2. The van der Waals surface area contributed by atoms with Gasteiger partial charge in [-0.2, -0.15) is 16.7 Å². The lowest BCUT2D eigenvalue weighted by Crippen LogP contribution is -2.07. The summed E-state index contributed by atoms with van der Waals surface area (Å²) in [4.78, 5) is 4.48. The van der Waals surface area contributed by atoms with Crippen LogP contribution in [0.25, 0.3) is 11.5 Å². The van der Waals surface area contributed by atoms with Crippen LogP contribution in [0.3, 0.4) is 0 Å². The molecule has 19 heavy (non-hydrogen) atoms. The fraction of sp³-hybridized carbons (Fsp3) is 0.385. The van der Waals surface area contributed by atoms with E-state index < -0.39 is 0 Å². The fourth-order valence-electron chi connectivity index (χ4n) is 1.91.